The summed E-state index contributed by atoms with van der Waals surface area (Å²) < 4.78 is 95.7. The molecule has 1 N–H and O–H groups in total. The number of anilines is 1. The number of cyclic esters (lactones) is 1. The molecule has 1 amide bonds. The van der Waals surface area contributed by atoms with Crippen molar-refractivity contribution in [1.82, 2.24) is 9.97 Å². The van der Waals surface area contributed by atoms with Crippen LogP contribution in [0.1, 0.15) is 68.4 Å². The van der Waals surface area contributed by atoms with Gasteiger partial charge in [0.2, 0.25) is 6.10 Å². The third-order valence-corrected chi connectivity index (χ3v) is 5.26. The van der Waals surface area contributed by atoms with Crippen LogP contribution in [-0.4, -0.2) is 29.4 Å². The topological polar surface area (TPSA) is 64.1 Å². The molecule has 0 radical (unpaired) electrons. The average molecular weight is 495 g/mol. The molecule has 1 aliphatic rings. The van der Waals surface area contributed by atoms with Crippen LogP contribution in [0, 0.1) is 0 Å². The van der Waals surface area contributed by atoms with Gasteiger partial charge in [-0.15, -0.1) is 0 Å². The molecular formula is C22H24F7N3O2. The maximum Gasteiger partial charge on any atom is 0.430 e. The second-order valence-electron chi connectivity index (χ2n) is 7.48. The van der Waals surface area contributed by atoms with Crippen LogP contribution < -0.4 is 5.32 Å². The second-order valence-corrected chi connectivity index (χ2v) is 7.48. The number of ether oxygens (including phenoxy) is 1. The molecule has 1 aliphatic heterocycles. The van der Waals surface area contributed by atoms with Crippen molar-refractivity contribution in [1.29, 1.82) is 0 Å². The van der Waals surface area contributed by atoms with Crippen LogP contribution in [0.4, 0.5) is 41.3 Å². The van der Waals surface area contributed by atoms with E-state index in [0.717, 1.165) is 31.2 Å². The molecule has 0 spiro atoms. The minimum absolute atomic E-state index is 0.153. The number of alkyl halides is 7. The summed E-state index contributed by atoms with van der Waals surface area (Å²) in [5.74, 6) is -0.720. The molecule has 3 heterocycles. The Morgan fingerprint density at radius 1 is 1.12 bits per heavy atom. The fourth-order valence-electron chi connectivity index (χ4n) is 3.66. The lowest BCUT2D eigenvalue weighted by atomic mass is 9.92. The number of amides is 1. The van der Waals surface area contributed by atoms with Crippen LogP contribution in [0.15, 0.2) is 24.4 Å². The standard InChI is InChI=1S/C21H21F6N3O2.CH3F/c1-3-5-6-11(4-2)14-9-12(20(22,23)24)10-15(29-14)13-7-8-28-18-16(13)17(21(25,26)27)32-19(31)30-18;1-2/h7-11,17H,3-6H2,1-2H3,(H,28,30,31);1H3. The zero-order valence-electron chi connectivity index (χ0n) is 18.6. The number of aromatic nitrogens is 2. The summed E-state index contributed by atoms with van der Waals surface area (Å²) in [6.45, 7) is 3.77. The molecule has 0 saturated carbocycles. The van der Waals surface area contributed by atoms with E-state index >= 15 is 0 Å². The second kappa shape index (κ2) is 11.0. The Balaban J connectivity index is 0.00000199. The maximum absolute atomic E-state index is 13.6. The first-order chi connectivity index (χ1) is 16.0. The smallest absolute Gasteiger partial charge is 0.430 e. The Labute approximate surface area is 191 Å². The highest BCUT2D eigenvalue weighted by atomic mass is 19.4. The van der Waals surface area contributed by atoms with Crippen molar-refractivity contribution < 1.29 is 40.3 Å². The van der Waals surface area contributed by atoms with Crippen molar-refractivity contribution in [2.75, 3.05) is 12.5 Å². The first kappa shape index (κ1) is 27.3. The highest BCUT2D eigenvalue weighted by molar-refractivity contribution is 5.89. The van der Waals surface area contributed by atoms with E-state index in [9.17, 15) is 35.5 Å². The van der Waals surface area contributed by atoms with E-state index in [1.807, 2.05) is 13.8 Å². The molecule has 0 aromatic carbocycles. The Kier molecular flexibility index (Phi) is 8.84. The summed E-state index contributed by atoms with van der Waals surface area (Å²) in [5.41, 5.74) is -1.98. The SMILES string of the molecule is CCCCC(CC)c1cc(C(F)(F)F)cc(-c2ccnc3c2C(C(F)(F)F)OC(=O)N3)n1.CF. The summed E-state index contributed by atoms with van der Waals surface area (Å²) >= 11 is 0. The predicted molar refractivity (Wildman–Crippen MR) is 111 cm³/mol. The van der Waals surface area contributed by atoms with Gasteiger partial charge in [0.05, 0.1) is 24.0 Å². The predicted octanol–water partition coefficient (Wildman–Crippen LogP) is 7.60. The lowest BCUT2D eigenvalue weighted by Gasteiger charge is -2.29. The van der Waals surface area contributed by atoms with Gasteiger partial charge < -0.3 is 4.74 Å². The molecule has 0 fully saturated rings. The molecule has 5 nitrogen and oxygen atoms in total. The lowest BCUT2D eigenvalue weighted by Crippen LogP contribution is -2.34. The lowest BCUT2D eigenvalue weighted by molar-refractivity contribution is -0.206. The van der Waals surface area contributed by atoms with Crippen LogP contribution in [0.2, 0.25) is 0 Å². The van der Waals surface area contributed by atoms with Crippen molar-refractivity contribution in [2.24, 2.45) is 0 Å². The molecule has 2 atom stereocenters. The van der Waals surface area contributed by atoms with Crippen molar-refractivity contribution in [3.05, 3.63) is 41.2 Å². The minimum atomic E-state index is -5.00. The van der Waals surface area contributed by atoms with Crippen LogP contribution in [0.3, 0.4) is 0 Å². The molecule has 12 heteroatoms. The Bertz CT molecular complexity index is 993. The molecule has 2 aromatic heterocycles. The van der Waals surface area contributed by atoms with Gasteiger partial charge in [-0.2, -0.15) is 26.3 Å². The molecule has 2 aromatic rings. The quantitative estimate of drug-likeness (QED) is 0.419. The molecule has 188 valence electrons. The van der Waals surface area contributed by atoms with Gasteiger partial charge in [0.15, 0.2) is 0 Å². The maximum atomic E-state index is 13.6. The van der Waals surface area contributed by atoms with E-state index in [-0.39, 0.29) is 22.9 Å². The molecule has 0 saturated heterocycles. The fraction of sp³-hybridized carbons (Fsp3) is 0.500. The van der Waals surface area contributed by atoms with E-state index in [1.165, 1.54) is 0 Å². The van der Waals surface area contributed by atoms with Gasteiger partial charge in [0, 0.05) is 23.4 Å². The van der Waals surface area contributed by atoms with Crippen molar-refractivity contribution in [3.63, 3.8) is 0 Å². The molecule has 0 bridgehead atoms. The summed E-state index contributed by atoms with van der Waals surface area (Å²) in [5, 5.41) is 2.07. The van der Waals surface area contributed by atoms with Gasteiger partial charge in [-0.05, 0) is 31.0 Å². The number of nitrogens with zero attached hydrogens (tertiary/aromatic N) is 2. The number of unbranched alkanes of at least 4 members (excludes halogenated alkanes) is 1. The molecular weight excluding hydrogens is 471 g/mol. The van der Waals surface area contributed by atoms with Gasteiger partial charge >= 0.3 is 18.4 Å². The number of carbonyl (C=O) groups is 1. The van der Waals surface area contributed by atoms with Gasteiger partial charge in [0.25, 0.3) is 0 Å². The van der Waals surface area contributed by atoms with Gasteiger partial charge in [-0.3, -0.25) is 14.7 Å². The fourth-order valence-corrected chi connectivity index (χ4v) is 3.66. The van der Waals surface area contributed by atoms with Crippen LogP contribution >= 0.6 is 0 Å². The number of hydrogen-bond acceptors (Lipinski definition) is 4. The Morgan fingerprint density at radius 3 is 2.35 bits per heavy atom. The zero-order valence-corrected chi connectivity index (χ0v) is 18.6. The number of fused-ring (bicyclic) bond motifs is 1. The largest absolute Gasteiger partial charge is 0.431 e. The normalized spacial score (nSPS) is 16.5. The van der Waals surface area contributed by atoms with E-state index in [0.29, 0.717) is 26.1 Å². The number of hydrogen-bond donors (Lipinski definition) is 1. The van der Waals surface area contributed by atoms with Crippen molar-refractivity contribution >= 4 is 11.9 Å². The average Bonchev–Trinajstić information content (AvgIpc) is 2.78. The monoisotopic (exact) mass is 495 g/mol. The highest BCUT2D eigenvalue weighted by Gasteiger charge is 2.49. The Hall–Kier alpha value is -2.92. The van der Waals surface area contributed by atoms with E-state index in [2.05, 4.69) is 20.0 Å². The van der Waals surface area contributed by atoms with Gasteiger partial charge in [-0.1, -0.05) is 26.7 Å². The summed E-state index contributed by atoms with van der Waals surface area (Å²) in [4.78, 5) is 19.6. The van der Waals surface area contributed by atoms with E-state index in [4.69, 9.17) is 0 Å². The first-order valence-electron chi connectivity index (χ1n) is 10.5. The van der Waals surface area contributed by atoms with Gasteiger partial charge in [0.1, 0.15) is 5.82 Å². The third kappa shape index (κ3) is 6.15. The number of halogens is 7. The summed E-state index contributed by atoms with van der Waals surface area (Å²) in [6.07, 6.45) is -9.94. The third-order valence-electron chi connectivity index (χ3n) is 5.26. The molecule has 2 unspecified atom stereocenters. The number of pyridine rings is 2. The summed E-state index contributed by atoms with van der Waals surface area (Å²) in [7, 11) is 0.500. The van der Waals surface area contributed by atoms with Crippen LogP contribution in [-0.2, 0) is 10.9 Å². The van der Waals surface area contributed by atoms with Gasteiger partial charge in [-0.25, -0.2) is 9.78 Å². The van der Waals surface area contributed by atoms with E-state index < -0.39 is 41.5 Å². The number of carbonyl (C=O) groups excluding carboxylic acids is 1. The highest BCUT2D eigenvalue weighted by Crippen LogP contribution is 2.46. The Morgan fingerprint density at radius 2 is 1.79 bits per heavy atom. The van der Waals surface area contributed by atoms with Crippen LogP contribution in [0.5, 0.6) is 0 Å². The summed E-state index contributed by atoms with van der Waals surface area (Å²) in [6, 6.07) is 2.79. The van der Waals surface area contributed by atoms with E-state index in [1.54, 1.807) is 0 Å². The molecule has 3 rings (SSSR count). The zero-order chi connectivity index (χ0) is 25.7. The number of rotatable bonds is 6. The molecule has 0 aliphatic carbocycles. The van der Waals surface area contributed by atoms with Crippen LogP contribution in [0.25, 0.3) is 11.3 Å². The number of nitrogens with one attached hydrogen (secondary N) is 1. The molecule has 34 heavy (non-hydrogen) atoms. The van der Waals surface area contributed by atoms with Crippen molar-refractivity contribution in [3.8, 4) is 11.3 Å². The van der Waals surface area contributed by atoms with Crippen molar-refractivity contribution in [2.45, 2.75) is 63.9 Å². The first-order valence-corrected chi connectivity index (χ1v) is 10.5. The minimum Gasteiger partial charge on any atom is -0.431 e.